The highest BCUT2D eigenvalue weighted by Gasteiger charge is 2.23. The molecule has 1 heterocycles. The number of rotatable bonds is 8. The lowest BCUT2D eigenvalue weighted by Gasteiger charge is -2.21. The molecule has 1 aromatic carbocycles. The number of hydrogen-bond donors (Lipinski definition) is 2. The molecule has 0 radical (unpaired) electrons. The van der Waals surface area contributed by atoms with Crippen LogP contribution in [0, 0.1) is 12.8 Å². The predicted octanol–water partition coefficient (Wildman–Crippen LogP) is 3.78. The fourth-order valence-electron chi connectivity index (χ4n) is 3.18. The maximum absolute atomic E-state index is 6.17. The number of benzene rings is 1. The van der Waals surface area contributed by atoms with Gasteiger partial charge in [0.2, 0.25) is 0 Å². The molecule has 1 fully saturated rings. The number of unbranched alkanes of at least 4 members (excludes halogenated alkanes) is 1. The van der Waals surface area contributed by atoms with Crippen molar-refractivity contribution in [3.05, 3.63) is 28.8 Å². The molecule has 25 heavy (non-hydrogen) atoms. The Kier molecular flexibility index (Phi) is 8.76. The standard InChI is InChI=1S/C19H31ClN4S/c1-15-6-7-17(20)12-18(15)24-10-8-16(14-24)13-23-19(21-2)22-9-4-5-11-25-3/h6-7,12,16H,4-5,8-11,13-14H2,1-3H3,(H2,21,22,23). The Morgan fingerprint density at radius 3 is 2.96 bits per heavy atom. The molecule has 0 amide bonds. The Bertz CT molecular complexity index is 564. The molecule has 0 spiro atoms. The van der Waals surface area contributed by atoms with Crippen molar-refractivity contribution in [1.29, 1.82) is 0 Å². The van der Waals surface area contributed by atoms with Crippen molar-refractivity contribution in [1.82, 2.24) is 10.6 Å². The highest BCUT2D eigenvalue weighted by molar-refractivity contribution is 7.98. The van der Waals surface area contributed by atoms with Crippen LogP contribution in [0.3, 0.4) is 0 Å². The van der Waals surface area contributed by atoms with Gasteiger partial charge in [0.15, 0.2) is 5.96 Å². The molecular formula is C19H31ClN4S. The zero-order valence-corrected chi connectivity index (χ0v) is 17.2. The Balaban J connectivity index is 1.74. The van der Waals surface area contributed by atoms with Gasteiger partial charge in [0.05, 0.1) is 0 Å². The minimum atomic E-state index is 0.633. The lowest BCUT2D eigenvalue weighted by molar-refractivity contribution is 0.565. The molecule has 0 aliphatic carbocycles. The van der Waals surface area contributed by atoms with E-state index in [4.69, 9.17) is 11.6 Å². The Labute approximate surface area is 161 Å². The molecule has 2 N–H and O–H groups in total. The third kappa shape index (κ3) is 6.63. The van der Waals surface area contributed by atoms with Crippen LogP contribution in [0.25, 0.3) is 0 Å². The van der Waals surface area contributed by atoms with Gasteiger partial charge in [0.25, 0.3) is 0 Å². The average Bonchev–Trinajstić information content (AvgIpc) is 3.08. The quantitative estimate of drug-likeness (QED) is 0.407. The van der Waals surface area contributed by atoms with Crippen molar-refractivity contribution in [3.8, 4) is 0 Å². The molecular weight excluding hydrogens is 352 g/mol. The fraction of sp³-hybridized carbons (Fsp3) is 0.632. The summed E-state index contributed by atoms with van der Waals surface area (Å²) in [4.78, 5) is 6.78. The van der Waals surface area contributed by atoms with E-state index in [1.54, 1.807) is 0 Å². The maximum atomic E-state index is 6.17. The van der Waals surface area contributed by atoms with Gasteiger partial charge in [-0.3, -0.25) is 4.99 Å². The van der Waals surface area contributed by atoms with Gasteiger partial charge in [0, 0.05) is 43.9 Å². The number of aryl methyl sites for hydroxylation is 1. The highest BCUT2D eigenvalue weighted by Crippen LogP contribution is 2.29. The van der Waals surface area contributed by atoms with Crippen LogP contribution in [0.5, 0.6) is 0 Å². The minimum Gasteiger partial charge on any atom is -0.371 e. The molecule has 1 saturated heterocycles. The molecule has 140 valence electrons. The number of guanidine groups is 1. The fourth-order valence-corrected chi connectivity index (χ4v) is 3.84. The Hall–Kier alpha value is -1.07. The summed E-state index contributed by atoms with van der Waals surface area (Å²) in [6, 6.07) is 6.15. The van der Waals surface area contributed by atoms with Crippen LogP contribution in [0.4, 0.5) is 5.69 Å². The summed E-state index contributed by atoms with van der Waals surface area (Å²) in [7, 11) is 1.84. The number of thioether (sulfide) groups is 1. The van der Waals surface area contributed by atoms with Crippen molar-refractivity contribution in [2.24, 2.45) is 10.9 Å². The van der Waals surface area contributed by atoms with Crippen molar-refractivity contribution in [2.45, 2.75) is 26.2 Å². The first-order valence-corrected chi connectivity index (χ1v) is 10.9. The molecule has 2 rings (SSSR count). The smallest absolute Gasteiger partial charge is 0.190 e. The number of aliphatic imine (C=N–C) groups is 1. The predicted molar refractivity (Wildman–Crippen MR) is 113 cm³/mol. The summed E-state index contributed by atoms with van der Waals surface area (Å²) >= 11 is 8.08. The average molecular weight is 383 g/mol. The van der Waals surface area contributed by atoms with Crippen molar-refractivity contribution < 1.29 is 0 Å². The molecule has 1 atom stereocenters. The van der Waals surface area contributed by atoms with Crippen molar-refractivity contribution >= 4 is 35.0 Å². The second-order valence-corrected chi connectivity index (χ2v) is 8.03. The minimum absolute atomic E-state index is 0.633. The third-order valence-corrected chi connectivity index (χ3v) is 5.58. The topological polar surface area (TPSA) is 39.7 Å². The number of hydrogen-bond acceptors (Lipinski definition) is 3. The second-order valence-electron chi connectivity index (χ2n) is 6.61. The van der Waals surface area contributed by atoms with E-state index in [0.717, 1.165) is 37.2 Å². The van der Waals surface area contributed by atoms with Gasteiger partial charge in [0.1, 0.15) is 0 Å². The molecule has 0 saturated carbocycles. The van der Waals surface area contributed by atoms with Crippen LogP contribution in [0.15, 0.2) is 23.2 Å². The van der Waals surface area contributed by atoms with Crippen LogP contribution >= 0.6 is 23.4 Å². The lowest BCUT2D eigenvalue weighted by atomic mass is 10.1. The van der Waals surface area contributed by atoms with E-state index in [0.29, 0.717) is 5.92 Å². The summed E-state index contributed by atoms with van der Waals surface area (Å²) < 4.78 is 0. The molecule has 1 aliphatic heterocycles. The molecule has 1 aliphatic rings. The van der Waals surface area contributed by atoms with Gasteiger partial charge in [-0.25, -0.2) is 0 Å². The third-order valence-electron chi connectivity index (χ3n) is 4.65. The molecule has 6 heteroatoms. The maximum Gasteiger partial charge on any atom is 0.190 e. The molecule has 0 aromatic heterocycles. The van der Waals surface area contributed by atoms with E-state index < -0.39 is 0 Å². The van der Waals surface area contributed by atoms with Gasteiger partial charge in [-0.15, -0.1) is 0 Å². The number of nitrogens with one attached hydrogen (secondary N) is 2. The molecule has 1 aromatic rings. The first-order chi connectivity index (χ1) is 12.1. The summed E-state index contributed by atoms with van der Waals surface area (Å²) in [5.74, 6) is 2.78. The Morgan fingerprint density at radius 2 is 2.20 bits per heavy atom. The van der Waals surface area contributed by atoms with Gasteiger partial charge >= 0.3 is 0 Å². The zero-order chi connectivity index (χ0) is 18.1. The van der Waals surface area contributed by atoms with Gasteiger partial charge < -0.3 is 15.5 Å². The van der Waals surface area contributed by atoms with E-state index in [1.165, 1.54) is 36.3 Å². The first-order valence-electron chi connectivity index (χ1n) is 9.08. The highest BCUT2D eigenvalue weighted by atomic mass is 35.5. The normalized spacial score (nSPS) is 17.8. The van der Waals surface area contributed by atoms with E-state index in [1.807, 2.05) is 24.9 Å². The van der Waals surface area contributed by atoms with E-state index >= 15 is 0 Å². The second kappa shape index (κ2) is 10.8. The van der Waals surface area contributed by atoms with E-state index in [2.05, 4.69) is 45.8 Å². The van der Waals surface area contributed by atoms with Crippen molar-refractivity contribution in [3.63, 3.8) is 0 Å². The van der Waals surface area contributed by atoms with Crippen LogP contribution in [0.2, 0.25) is 5.02 Å². The lowest BCUT2D eigenvalue weighted by Crippen LogP contribution is -2.40. The number of anilines is 1. The van der Waals surface area contributed by atoms with Gasteiger partial charge in [-0.2, -0.15) is 11.8 Å². The summed E-state index contributed by atoms with van der Waals surface area (Å²) in [5, 5.41) is 7.70. The summed E-state index contributed by atoms with van der Waals surface area (Å²) in [6.45, 7) is 6.26. The Morgan fingerprint density at radius 1 is 1.36 bits per heavy atom. The largest absolute Gasteiger partial charge is 0.371 e. The van der Waals surface area contributed by atoms with E-state index in [-0.39, 0.29) is 0 Å². The SMILES string of the molecule is CN=C(NCCCCSC)NCC1CCN(c2cc(Cl)ccc2C)C1. The number of nitrogens with zero attached hydrogens (tertiary/aromatic N) is 2. The van der Waals surface area contributed by atoms with Crippen molar-refractivity contribution in [2.75, 3.05) is 50.1 Å². The zero-order valence-electron chi connectivity index (χ0n) is 15.6. The van der Waals surface area contributed by atoms with Crippen LogP contribution in [-0.4, -0.2) is 51.2 Å². The molecule has 1 unspecified atom stereocenters. The van der Waals surface area contributed by atoms with Gasteiger partial charge in [-0.1, -0.05) is 17.7 Å². The van der Waals surface area contributed by atoms with Crippen LogP contribution in [-0.2, 0) is 0 Å². The summed E-state index contributed by atoms with van der Waals surface area (Å²) in [6.07, 6.45) is 5.79. The number of halogens is 1. The first kappa shape index (κ1) is 20.2. The monoisotopic (exact) mass is 382 g/mol. The van der Waals surface area contributed by atoms with Crippen LogP contribution in [0.1, 0.15) is 24.8 Å². The van der Waals surface area contributed by atoms with Gasteiger partial charge in [-0.05, 0) is 61.8 Å². The molecule has 4 nitrogen and oxygen atoms in total. The van der Waals surface area contributed by atoms with E-state index in [9.17, 15) is 0 Å². The molecule has 0 bridgehead atoms. The van der Waals surface area contributed by atoms with Crippen LogP contribution < -0.4 is 15.5 Å². The summed E-state index contributed by atoms with van der Waals surface area (Å²) in [5.41, 5.74) is 2.56.